The molecule has 0 N–H and O–H groups in total. The van der Waals surface area contributed by atoms with Crippen LogP contribution in [0.5, 0.6) is 0 Å². The van der Waals surface area contributed by atoms with Crippen molar-refractivity contribution in [2.24, 2.45) is 0 Å². The van der Waals surface area contributed by atoms with Crippen molar-refractivity contribution in [3.63, 3.8) is 0 Å². The van der Waals surface area contributed by atoms with Crippen LogP contribution in [0.2, 0.25) is 0 Å². The van der Waals surface area contributed by atoms with Crippen LogP contribution in [0.4, 0.5) is 0 Å². The second-order valence-electron chi connectivity index (χ2n) is 8.64. The molecule has 0 radical (unpaired) electrons. The molecule has 5 heteroatoms. The van der Waals surface area contributed by atoms with Crippen LogP contribution in [-0.2, 0) is 12.8 Å². The summed E-state index contributed by atoms with van der Waals surface area (Å²) >= 11 is 5.25. The predicted octanol–water partition coefficient (Wildman–Crippen LogP) is 9.27. The Kier molecular flexibility index (Phi) is 7.26. The Balaban J connectivity index is 1.39. The molecule has 0 atom stereocenters. The molecule has 4 aromatic carbocycles. The second-order valence-corrected chi connectivity index (χ2v) is 11.8. The highest BCUT2D eigenvalue weighted by molar-refractivity contribution is 7.99. The van der Waals surface area contributed by atoms with Crippen LogP contribution in [0.25, 0.3) is 20.9 Å². The molecule has 37 heavy (non-hydrogen) atoms. The summed E-state index contributed by atoms with van der Waals surface area (Å²) in [6.07, 6.45) is 1.65. The van der Waals surface area contributed by atoms with Crippen LogP contribution in [0, 0.1) is 0 Å². The van der Waals surface area contributed by atoms with Gasteiger partial charge in [0.05, 0.1) is 19.8 Å². The summed E-state index contributed by atoms with van der Waals surface area (Å²) in [5.41, 5.74) is 4.94. The third-order valence-corrected chi connectivity index (χ3v) is 9.39. The maximum atomic E-state index is 5.15. The van der Waals surface area contributed by atoms with E-state index in [0.29, 0.717) is 0 Å². The quantitative estimate of drug-likeness (QED) is 0.195. The van der Waals surface area contributed by atoms with Gasteiger partial charge >= 0.3 is 0 Å². The van der Waals surface area contributed by atoms with E-state index in [2.05, 4.69) is 121 Å². The van der Waals surface area contributed by atoms with Gasteiger partial charge in [-0.1, -0.05) is 121 Å². The highest BCUT2D eigenvalue weighted by atomic mass is 32.2. The van der Waals surface area contributed by atoms with E-state index in [4.69, 9.17) is 9.97 Å². The number of benzene rings is 4. The lowest BCUT2D eigenvalue weighted by Crippen LogP contribution is -1.88. The lowest BCUT2D eigenvalue weighted by Gasteiger charge is -2.03. The average molecular weight is 533 g/mol. The molecule has 0 saturated heterocycles. The van der Waals surface area contributed by atoms with Gasteiger partial charge in [0.1, 0.15) is 10.1 Å². The molecule has 0 aliphatic heterocycles. The zero-order chi connectivity index (χ0) is 24.9. The molecule has 0 bridgehead atoms. The zero-order valence-electron chi connectivity index (χ0n) is 20.1. The minimum absolute atomic E-state index is 0.827. The van der Waals surface area contributed by atoms with Crippen molar-refractivity contribution < 1.29 is 0 Å². The lowest BCUT2D eigenvalue weighted by molar-refractivity contribution is 1.05. The smallest absolute Gasteiger partial charge is 0.121 e. The molecule has 0 fully saturated rings. The Morgan fingerprint density at radius 3 is 1.19 bits per heavy atom. The van der Waals surface area contributed by atoms with Crippen molar-refractivity contribution in [1.29, 1.82) is 0 Å². The molecule has 0 aliphatic carbocycles. The van der Waals surface area contributed by atoms with E-state index in [1.807, 2.05) is 0 Å². The van der Waals surface area contributed by atoms with Gasteiger partial charge in [0.15, 0.2) is 0 Å². The van der Waals surface area contributed by atoms with E-state index >= 15 is 0 Å². The summed E-state index contributed by atoms with van der Waals surface area (Å²) in [5.74, 6) is 0. The Bertz CT molecular complexity index is 1450. The van der Waals surface area contributed by atoms with Gasteiger partial charge < -0.3 is 0 Å². The molecule has 180 valence electrons. The van der Waals surface area contributed by atoms with E-state index in [9.17, 15) is 0 Å². The van der Waals surface area contributed by atoms with Gasteiger partial charge in [0, 0.05) is 12.8 Å². The van der Waals surface area contributed by atoms with E-state index in [0.717, 1.165) is 32.9 Å². The fraction of sp³-hybridized carbons (Fsp3) is 0.0625. The molecule has 6 aromatic rings. The Hall–Kier alpha value is -3.51. The summed E-state index contributed by atoms with van der Waals surface area (Å²) in [6.45, 7) is 0. The minimum Gasteiger partial charge on any atom is -0.233 e. The highest BCUT2D eigenvalue weighted by Crippen LogP contribution is 2.44. The molecule has 6 rings (SSSR count). The number of rotatable bonds is 8. The number of thiazole rings is 2. The van der Waals surface area contributed by atoms with Gasteiger partial charge in [-0.05, 0) is 34.0 Å². The summed E-state index contributed by atoms with van der Waals surface area (Å²) in [4.78, 5) is 12.7. The van der Waals surface area contributed by atoms with Gasteiger partial charge in [-0.2, -0.15) is 0 Å². The topological polar surface area (TPSA) is 25.8 Å². The number of nitrogens with zero attached hydrogens (tertiary/aromatic N) is 2. The maximum absolute atomic E-state index is 5.15. The maximum Gasteiger partial charge on any atom is 0.121 e. The van der Waals surface area contributed by atoms with Crippen molar-refractivity contribution in [1.82, 2.24) is 9.97 Å². The van der Waals surface area contributed by atoms with Crippen molar-refractivity contribution in [2.75, 3.05) is 0 Å². The highest BCUT2D eigenvalue weighted by Gasteiger charge is 2.20. The SMILES string of the molecule is c1ccc(Cc2nc(Sc3nc(Cc4ccccc4)sc3-c3ccccc3)c(-c3ccccc3)s2)cc1. The molecule has 0 unspecified atom stereocenters. The summed E-state index contributed by atoms with van der Waals surface area (Å²) < 4.78 is 0. The molecule has 0 saturated carbocycles. The first-order chi connectivity index (χ1) is 18.3. The molecule has 2 aromatic heterocycles. The monoisotopic (exact) mass is 532 g/mol. The van der Waals surface area contributed by atoms with E-state index in [1.54, 1.807) is 34.4 Å². The molecule has 0 aliphatic rings. The van der Waals surface area contributed by atoms with Gasteiger partial charge in [-0.15, -0.1) is 22.7 Å². The summed E-state index contributed by atoms with van der Waals surface area (Å²) in [6, 6.07) is 42.3. The first kappa shape index (κ1) is 23.9. The number of hydrogen-bond acceptors (Lipinski definition) is 5. The van der Waals surface area contributed by atoms with Gasteiger partial charge in [-0.3, -0.25) is 0 Å². The van der Waals surface area contributed by atoms with Crippen molar-refractivity contribution in [3.8, 4) is 20.9 Å². The van der Waals surface area contributed by atoms with Gasteiger partial charge in [0.25, 0.3) is 0 Å². The first-order valence-corrected chi connectivity index (χ1v) is 14.6. The first-order valence-electron chi connectivity index (χ1n) is 12.2. The normalized spacial score (nSPS) is 11.0. The van der Waals surface area contributed by atoms with Crippen molar-refractivity contribution >= 4 is 34.4 Å². The third kappa shape index (κ3) is 5.75. The summed E-state index contributed by atoms with van der Waals surface area (Å²) in [5, 5.41) is 4.29. The number of hydrogen-bond donors (Lipinski definition) is 0. The third-order valence-electron chi connectivity index (χ3n) is 5.94. The average Bonchev–Trinajstić information content (AvgIpc) is 3.54. The molecular weight excluding hydrogens is 509 g/mol. The lowest BCUT2D eigenvalue weighted by atomic mass is 10.2. The standard InChI is InChI=1S/C32H24N2S3/c1-5-13-23(14-6-1)21-27-33-31(29(35-27)25-17-9-3-10-18-25)37-32-30(26-19-11-4-12-20-26)36-28(34-32)22-24-15-7-2-8-16-24/h1-20H,21-22H2. The van der Waals surface area contributed by atoms with Crippen LogP contribution < -0.4 is 0 Å². The molecular formula is C32H24N2S3. The molecule has 2 nitrogen and oxygen atoms in total. The van der Waals surface area contributed by atoms with Crippen molar-refractivity contribution in [2.45, 2.75) is 22.9 Å². The van der Waals surface area contributed by atoms with Crippen LogP contribution in [0.3, 0.4) is 0 Å². The van der Waals surface area contributed by atoms with Crippen molar-refractivity contribution in [3.05, 3.63) is 142 Å². The van der Waals surface area contributed by atoms with Crippen LogP contribution >= 0.6 is 34.4 Å². The van der Waals surface area contributed by atoms with E-state index in [1.165, 1.54) is 32.0 Å². The Morgan fingerprint density at radius 1 is 0.459 bits per heavy atom. The van der Waals surface area contributed by atoms with Crippen LogP contribution in [0.1, 0.15) is 21.1 Å². The Labute approximate surface area is 229 Å². The fourth-order valence-corrected chi connectivity index (χ4v) is 7.69. The molecule has 2 heterocycles. The van der Waals surface area contributed by atoms with Crippen LogP contribution in [0.15, 0.2) is 131 Å². The van der Waals surface area contributed by atoms with E-state index < -0.39 is 0 Å². The van der Waals surface area contributed by atoms with Crippen LogP contribution in [-0.4, -0.2) is 9.97 Å². The minimum atomic E-state index is 0.827. The molecule has 0 amide bonds. The Morgan fingerprint density at radius 2 is 0.811 bits per heavy atom. The predicted molar refractivity (Wildman–Crippen MR) is 158 cm³/mol. The van der Waals surface area contributed by atoms with E-state index in [-0.39, 0.29) is 0 Å². The fourth-order valence-electron chi connectivity index (χ4n) is 4.16. The van der Waals surface area contributed by atoms with Gasteiger partial charge in [0.2, 0.25) is 0 Å². The largest absolute Gasteiger partial charge is 0.233 e. The second kappa shape index (κ2) is 11.3. The molecule has 0 spiro atoms. The summed E-state index contributed by atoms with van der Waals surface area (Å²) in [7, 11) is 0. The zero-order valence-corrected chi connectivity index (χ0v) is 22.5. The number of aromatic nitrogens is 2. The van der Waals surface area contributed by atoms with Gasteiger partial charge in [-0.25, -0.2) is 9.97 Å².